The van der Waals surface area contributed by atoms with Gasteiger partial charge in [0.25, 0.3) is 6.43 Å². The Balaban J connectivity index is 2.72. The van der Waals surface area contributed by atoms with Gasteiger partial charge in [-0.25, -0.2) is 8.78 Å². The summed E-state index contributed by atoms with van der Waals surface area (Å²) in [4.78, 5) is 7.14. The smallest absolute Gasteiger partial charge is 0.281 e. The fourth-order valence-corrected chi connectivity index (χ4v) is 0.939. The van der Waals surface area contributed by atoms with Crippen LogP contribution in [-0.4, -0.2) is 21.6 Å². The number of aromatic nitrogens is 2. The molecule has 1 aromatic heterocycles. The SMILES string of the molecule is NCCC(O)c1cnc(C(F)F)cn1. The zero-order valence-electron chi connectivity index (χ0n) is 7.40. The quantitative estimate of drug-likeness (QED) is 0.759. The van der Waals surface area contributed by atoms with Gasteiger partial charge in [0.05, 0.1) is 24.2 Å². The van der Waals surface area contributed by atoms with E-state index in [4.69, 9.17) is 5.73 Å². The Morgan fingerprint density at radius 3 is 2.29 bits per heavy atom. The molecular weight excluding hydrogens is 192 g/mol. The second-order valence-corrected chi connectivity index (χ2v) is 2.76. The number of nitrogens with two attached hydrogens (primary N) is 1. The molecule has 0 saturated carbocycles. The van der Waals surface area contributed by atoms with Gasteiger partial charge in [-0.05, 0) is 13.0 Å². The molecule has 1 aromatic rings. The molecule has 0 fully saturated rings. The van der Waals surface area contributed by atoms with E-state index in [1.165, 1.54) is 0 Å². The van der Waals surface area contributed by atoms with E-state index in [2.05, 4.69) is 9.97 Å². The van der Waals surface area contributed by atoms with Crippen molar-refractivity contribution in [2.24, 2.45) is 5.73 Å². The number of hydrogen-bond acceptors (Lipinski definition) is 4. The van der Waals surface area contributed by atoms with Crippen LogP contribution in [-0.2, 0) is 0 Å². The second-order valence-electron chi connectivity index (χ2n) is 2.76. The molecule has 1 rings (SSSR count). The average molecular weight is 203 g/mol. The first-order chi connectivity index (χ1) is 6.65. The van der Waals surface area contributed by atoms with Crippen molar-refractivity contribution in [3.05, 3.63) is 23.8 Å². The van der Waals surface area contributed by atoms with Gasteiger partial charge < -0.3 is 10.8 Å². The zero-order chi connectivity index (χ0) is 10.6. The van der Waals surface area contributed by atoms with E-state index in [0.717, 1.165) is 12.4 Å². The summed E-state index contributed by atoms with van der Waals surface area (Å²) in [6.07, 6.45) is -1.04. The summed E-state index contributed by atoms with van der Waals surface area (Å²) >= 11 is 0. The molecule has 1 unspecified atom stereocenters. The highest BCUT2D eigenvalue weighted by Crippen LogP contribution is 2.17. The molecule has 1 heterocycles. The molecule has 3 N–H and O–H groups in total. The van der Waals surface area contributed by atoms with Crippen molar-refractivity contribution in [1.82, 2.24) is 9.97 Å². The fraction of sp³-hybridized carbons (Fsp3) is 0.500. The van der Waals surface area contributed by atoms with Crippen LogP contribution >= 0.6 is 0 Å². The molecule has 0 spiro atoms. The first kappa shape index (κ1) is 10.9. The molecule has 0 amide bonds. The molecule has 4 nitrogen and oxygen atoms in total. The van der Waals surface area contributed by atoms with Crippen molar-refractivity contribution >= 4 is 0 Å². The van der Waals surface area contributed by atoms with Crippen LogP contribution in [0.2, 0.25) is 0 Å². The first-order valence-electron chi connectivity index (χ1n) is 4.13. The molecule has 78 valence electrons. The number of alkyl halides is 2. The minimum Gasteiger partial charge on any atom is -0.387 e. The van der Waals surface area contributed by atoms with Crippen molar-refractivity contribution in [3.63, 3.8) is 0 Å². The minimum absolute atomic E-state index is 0.264. The van der Waals surface area contributed by atoms with Crippen molar-refractivity contribution in [1.29, 1.82) is 0 Å². The van der Waals surface area contributed by atoms with E-state index in [1.807, 2.05) is 0 Å². The molecule has 0 radical (unpaired) electrons. The van der Waals surface area contributed by atoms with Gasteiger partial charge in [-0.3, -0.25) is 9.97 Å². The number of hydrogen-bond donors (Lipinski definition) is 2. The Labute approximate surface area is 79.8 Å². The van der Waals surface area contributed by atoms with E-state index in [0.29, 0.717) is 13.0 Å². The van der Waals surface area contributed by atoms with Crippen molar-refractivity contribution < 1.29 is 13.9 Å². The number of aliphatic hydroxyl groups excluding tert-OH is 1. The van der Waals surface area contributed by atoms with Crippen LogP contribution in [0.25, 0.3) is 0 Å². The first-order valence-corrected chi connectivity index (χ1v) is 4.13. The lowest BCUT2D eigenvalue weighted by molar-refractivity contribution is 0.143. The third-order valence-corrected chi connectivity index (χ3v) is 1.70. The molecule has 0 aliphatic carbocycles. The standard InChI is InChI=1S/C8H11F2N3O/c9-8(10)6-4-12-5(3-13-6)7(14)1-2-11/h3-4,7-8,14H,1-2,11H2. The number of halogens is 2. The maximum atomic E-state index is 12.1. The van der Waals surface area contributed by atoms with Crippen LogP contribution in [0.5, 0.6) is 0 Å². The fourth-order valence-electron chi connectivity index (χ4n) is 0.939. The van der Waals surface area contributed by atoms with Crippen LogP contribution in [0.15, 0.2) is 12.4 Å². The van der Waals surface area contributed by atoms with Gasteiger partial charge in [0.15, 0.2) is 0 Å². The van der Waals surface area contributed by atoms with Gasteiger partial charge in [0, 0.05) is 0 Å². The Bertz CT molecular complexity index is 278. The number of nitrogens with zero attached hydrogens (tertiary/aromatic N) is 2. The lowest BCUT2D eigenvalue weighted by Crippen LogP contribution is -2.09. The zero-order valence-corrected chi connectivity index (χ0v) is 7.40. The van der Waals surface area contributed by atoms with Crippen LogP contribution in [0.1, 0.15) is 30.3 Å². The van der Waals surface area contributed by atoms with Gasteiger partial charge in [0.2, 0.25) is 0 Å². The van der Waals surface area contributed by atoms with Crippen molar-refractivity contribution in [3.8, 4) is 0 Å². The summed E-state index contributed by atoms with van der Waals surface area (Å²) < 4.78 is 24.1. The maximum Gasteiger partial charge on any atom is 0.281 e. The summed E-state index contributed by atoms with van der Waals surface area (Å²) in [5.74, 6) is 0. The molecule has 0 aromatic carbocycles. The van der Waals surface area contributed by atoms with E-state index >= 15 is 0 Å². The minimum atomic E-state index is -2.64. The van der Waals surface area contributed by atoms with Gasteiger partial charge in [-0.2, -0.15) is 0 Å². The monoisotopic (exact) mass is 203 g/mol. The predicted octanol–water partition coefficient (Wildman–Crippen LogP) is 0.796. The third-order valence-electron chi connectivity index (χ3n) is 1.70. The Morgan fingerprint density at radius 1 is 1.29 bits per heavy atom. The van der Waals surface area contributed by atoms with Crippen molar-refractivity contribution in [2.45, 2.75) is 19.0 Å². The normalized spacial score (nSPS) is 13.2. The van der Waals surface area contributed by atoms with Crippen LogP contribution in [0.3, 0.4) is 0 Å². The highest BCUT2D eigenvalue weighted by molar-refractivity contribution is 5.05. The summed E-state index contributed by atoms with van der Waals surface area (Å²) in [5.41, 5.74) is 5.09. The molecule has 0 aliphatic rings. The van der Waals surface area contributed by atoms with E-state index in [-0.39, 0.29) is 5.69 Å². The van der Waals surface area contributed by atoms with Crippen LogP contribution in [0, 0.1) is 0 Å². The van der Waals surface area contributed by atoms with E-state index in [1.54, 1.807) is 0 Å². The van der Waals surface area contributed by atoms with Gasteiger partial charge in [0.1, 0.15) is 5.69 Å². The third kappa shape index (κ3) is 2.68. The van der Waals surface area contributed by atoms with Crippen LogP contribution in [0.4, 0.5) is 8.78 Å². The molecule has 14 heavy (non-hydrogen) atoms. The molecule has 1 atom stereocenters. The number of rotatable bonds is 4. The van der Waals surface area contributed by atoms with Gasteiger partial charge in [-0.1, -0.05) is 0 Å². The van der Waals surface area contributed by atoms with E-state index in [9.17, 15) is 13.9 Å². The largest absolute Gasteiger partial charge is 0.387 e. The average Bonchev–Trinajstić information content (AvgIpc) is 2.18. The lowest BCUT2D eigenvalue weighted by Gasteiger charge is -2.07. The van der Waals surface area contributed by atoms with Gasteiger partial charge in [-0.15, -0.1) is 0 Å². The lowest BCUT2D eigenvalue weighted by atomic mass is 10.2. The highest BCUT2D eigenvalue weighted by atomic mass is 19.3. The summed E-state index contributed by atoms with van der Waals surface area (Å²) in [6.45, 7) is 0.305. The van der Waals surface area contributed by atoms with Gasteiger partial charge >= 0.3 is 0 Å². The highest BCUT2D eigenvalue weighted by Gasteiger charge is 2.12. The Morgan fingerprint density at radius 2 is 1.86 bits per heavy atom. The summed E-state index contributed by atoms with van der Waals surface area (Å²) in [7, 11) is 0. The van der Waals surface area contributed by atoms with Crippen LogP contribution < -0.4 is 5.73 Å². The maximum absolute atomic E-state index is 12.1. The predicted molar refractivity (Wildman–Crippen MR) is 45.6 cm³/mol. The Hall–Kier alpha value is -1.14. The van der Waals surface area contributed by atoms with E-state index < -0.39 is 18.2 Å². The molecule has 0 saturated heterocycles. The van der Waals surface area contributed by atoms with Crippen molar-refractivity contribution in [2.75, 3.05) is 6.54 Å². The molecular formula is C8H11F2N3O. The summed E-state index contributed by atoms with van der Waals surface area (Å²) in [5, 5.41) is 9.38. The molecule has 6 heteroatoms. The molecule has 0 bridgehead atoms. The molecule has 0 aliphatic heterocycles. The topological polar surface area (TPSA) is 72.0 Å². The second kappa shape index (κ2) is 4.92. The Kier molecular flexibility index (Phi) is 3.84. The summed E-state index contributed by atoms with van der Waals surface area (Å²) in [6, 6.07) is 0. The number of aliphatic hydroxyl groups is 1.